The van der Waals surface area contributed by atoms with Crippen molar-refractivity contribution in [2.24, 2.45) is 5.92 Å². The van der Waals surface area contributed by atoms with E-state index in [1.165, 1.54) is 44.5 Å². The first-order chi connectivity index (χ1) is 14.1. The molecule has 0 amide bonds. The smallest absolute Gasteiger partial charge is 0.115 e. The number of hydrogen-bond acceptors (Lipinski definition) is 1. The Morgan fingerprint density at radius 1 is 1.07 bits per heavy atom. The zero-order chi connectivity index (χ0) is 22.6. The average Bonchev–Trinajstić information content (AvgIpc) is 2.79. The van der Waals surface area contributed by atoms with E-state index in [2.05, 4.69) is 84.7 Å². The van der Waals surface area contributed by atoms with Gasteiger partial charge in [0.1, 0.15) is 5.76 Å². The average molecular weight is 401 g/mol. The number of aryl methyl sites for hydroxylation is 2. The van der Waals surface area contributed by atoms with Crippen LogP contribution in [0, 0.1) is 19.8 Å². The molecule has 0 spiro atoms. The number of hydrogen-bond donors (Lipinski definition) is 1. The second-order valence-electron chi connectivity index (χ2n) is 8.45. The molecule has 0 fully saturated rings. The Morgan fingerprint density at radius 3 is 2.27 bits per heavy atom. The van der Waals surface area contributed by atoms with Gasteiger partial charge in [0.05, 0.1) is 0 Å². The summed E-state index contributed by atoms with van der Waals surface area (Å²) in [6.45, 7) is 25.0. The number of fused-ring (bicyclic) bond motifs is 1. The molecule has 1 heteroatoms. The maximum absolute atomic E-state index is 9.93. The van der Waals surface area contributed by atoms with Crippen LogP contribution in [0.2, 0.25) is 0 Å². The topological polar surface area (TPSA) is 20.2 Å². The lowest BCUT2D eigenvalue weighted by Gasteiger charge is -2.19. The van der Waals surface area contributed by atoms with E-state index < -0.39 is 0 Å². The van der Waals surface area contributed by atoms with Crippen molar-refractivity contribution in [2.45, 2.75) is 54.4 Å². The molecule has 1 aromatic carbocycles. The Bertz CT molecular complexity index is 1010. The highest BCUT2D eigenvalue weighted by Gasteiger charge is 2.25. The van der Waals surface area contributed by atoms with Gasteiger partial charge in [-0.3, -0.25) is 0 Å². The van der Waals surface area contributed by atoms with Crippen molar-refractivity contribution in [3.05, 3.63) is 112 Å². The summed E-state index contributed by atoms with van der Waals surface area (Å²) in [5, 5.41) is 9.93. The minimum atomic E-state index is 0.0468. The summed E-state index contributed by atoms with van der Waals surface area (Å²) in [6, 6.07) is 4.61. The summed E-state index contributed by atoms with van der Waals surface area (Å²) in [6.07, 6.45) is 10.1. The molecule has 0 saturated heterocycles. The first-order valence-corrected chi connectivity index (χ1v) is 10.6. The van der Waals surface area contributed by atoms with E-state index in [-0.39, 0.29) is 5.76 Å². The third-order valence-corrected chi connectivity index (χ3v) is 6.15. The molecule has 30 heavy (non-hydrogen) atoms. The van der Waals surface area contributed by atoms with E-state index in [4.69, 9.17) is 0 Å². The highest BCUT2D eigenvalue weighted by molar-refractivity contribution is 5.76. The van der Waals surface area contributed by atoms with Crippen LogP contribution in [-0.4, -0.2) is 5.11 Å². The number of aliphatic hydroxyl groups is 1. The van der Waals surface area contributed by atoms with E-state index in [1.54, 1.807) is 0 Å². The number of rotatable bonds is 5. The number of benzene rings is 1. The third kappa shape index (κ3) is 5.21. The molecule has 1 nitrogen and oxygen atoms in total. The quantitative estimate of drug-likeness (QED) is 0.228. The molecule has 0 heterocycles. The fraction of sp³-hybridized carbons (Fsp3) is 0.310. The van der Waals surface area contributed by atoms with Gasteiger partial charge >= 0.3 is 0 Å². The van der Waals surface area contributed by atoms with Gasteiger partial charge in [-0.2, -0.15) is 0 Å². The summed E-state index contributed by atoms with van der Waals surface area (Å²) >= 11 is 0. The largest absolute Gasteiger partial charge is 0.508 e. The predicted octanol–water partition coefficient (Wildman–Crippen LogP) is 8.29. The van der Waals surface area contributed by atoms with Gasteiger partial charge in [-0.1, -0.05) is 72.9 Å². The molecule has 1 unspecified atom stereocenters. The number of aliphatic hydroxyl groups excluding tert-OH is 1. The SMILES string of the molecule is C=C(O)/C(=C/C)C(=C)/C=C1\CC(=C)C(/C(C)=C/C(C)=C\C)Cc2cc(C)c(C)cc21. The standard InChI is InChI=1S/C29H36O/c1-10-18(3)12-21(6)28-17-26-13-19(4)20(5)16-29(26)25(15-23(28)8)14-22(7)27(11-2)24(9)30/h10-14,16,28,30H,7-9,15,17H2,1-6H3/b18-10-,21-12+,25-14+,27-11+. The summed E-state index contributed by atoms with van der Waals surface area (Å²) < 4.78 is 0. The monoisotopic (exact) mass is 400 g/mol. The molecular weight excluding hydrogens is 364 g/mol. The maximum atomic E-state index is 9.93. The van der Waals surface area contributed by atoms with Crippen LogP contribution >= 0.6 is 0 Å². The van der Waals surface area contributed by atoms with Gasteiger partial charge < -0.3 is 5.11 Å². The Morgan fingerprint density at radius 2 is 1.70 bits per heavy atom. The van der Waals surface area contributed by atoms with Crippen LogP contribution in [0.4, 0.5) is 0 Å². The normalized spacial score (nSPS) is 19.5. The van der Waals surface area contributed by atoms with Crippen molar-refractivity contribution in [3.8, 4) is 0 Å². The number of allylic oxidation sites excluding steroid dienone is 9. The zero-order valence-electron chi connectivity index (χ0n) is 19.5. The molecule has 1 aromatic rings. The van der Waals surface area contributed by atoms with Crippen LogP contribution in [0.1, 0.15) is 56.4 Å². The van der Waals surface area contributed by atoms with Crippen LogP contribution < -0.4 is 0 Å². The van der Waals surface area contributed by atoms with Gasteiger partial charge in [0.25, 0.3) is 0 Å². The predicted molar refractivity (Wildman–Crippen MR) is 133 cm³/mol. The zero-order valence-corrected chi connectivity index (χ0v) is 19.5. The first-order valence-electron chi connectivity index (χ1n) is 10.6. The van der Waals surface area contributed by atoms with Crippen LogP contribution in [0.3, 0.4) is 0 Å². The summed E-state index contributed by atoms with van der Waals surface area (Å²) in [5.74, 6) is 0.347. The van der Waals surface area contributed by atoms with Gasteiger partial charge in [-0.25, -0.2) is 0 Å². The second kappa shape index (κ2) is 9.80. The molecular formula is C29H36O. The molecule has 1 aliphatic rings. The van der Waals surface area contributed by atoms with E-state index >= 15 is 0 Å². The van der Waals surface area contributed by atoms with E-state index in [0.29, 0.717) is 11.5 Å². The molecule has 1 N–H and O–H groups in total. The fourth-order valence-electron chi connectivity index (χ4n) is 4.15. The molecule has 2 rings (SSSR count). The molecule has 0 saturated carbocycles. The van der Waals surface area contributed by atoms with Crippen LogP contribution in [0.15, 0.2) is 89.8 Å². The second-order valence-corrected chi connectivity index (χ2v) is 8.45. The minimum absolute atomic E-state index is 0.0468. The van der Waals surface area contributed by atoms with Crippen LogP contribution in [0.5, 0.6) is 0 Å². The lowest BCUT2D eigenvalue weighted by atomic mass is 9.86. The molecule has 1 atom stereocenters. The highest BCUT2D eigenvalue weighted by Crippen LogP contribution is 2.40. The van der Waals surface area contributed by atoms with Crippen LogP contribution in [0.25, 0.3) is 5.57 Å². The lowest BCUT2D eigenvalue weighted by molar-refractivity contribution is 0.428. The van der Waals surface area contributed by atoms with Gasteiger partial charge in [0, 0.05) is 11.5 Å². The van der Waals surface area contributed by atoms with Crippen molar-refractivity contribution in [1.82, 2.24) is 0 Å². The van der Waals surface area contributed by atoms with Crippen molar-refractivity contribution < 1.29 is 5.11 Å². The van der Waals surface area contributed by atoms with Crippen molar-refractivity contribution in [1.29, 1.82) is 0 Å². The van der Waals surface area contributed by atoms with Crippen molar-refractivity contribution >= 4 is 5.57 Å². The Balaban J connectivity index is 2.63. The van der Waals surface area contributed by atoms with Gasteiger partial charge in [-0.05, 0) is 87.8 Å². The molecule has 0 bridgehead atoms. The van der Waals surface area contributed by atoms with Crippen molar-refractivity contribution in [3.63, 3.8) is 0 Å². The molecule has 0 radical (unpaired) electrons. The highest BCUT2D eigenvalue weighted by atomic mass is 16.3. The summed E-state index contributed by atoms with van der Waals surface area (Å²) in [4.78, 5) is 0. The molecule has 158 valence electrons. The maximum Gasteiger partial charge on any atom is 0.115 e. The van der Waals surface area contributed by atoms with Crippen LogP contribution in [-0.2, 0) is 6.42 Å². The molecule has 1 aliphatic carbocycles. The fourth-order valence-corrected chi connectivity index (χ4v) is 4.15. The van der Waals surface area contributed by atoms with Gasteiger partial charge in [-0.15, -0.1) is 0 Å². The minimum Gasteiger partial charge on any atom is -0.508 e. The van der Waals surface area contributed by atoms with E-state index in [9.17, 15) is 5.11 Å². The molecule has 0 aromatic heterocycles. The Labute approximate surface area is 183 Å². The van der Waals surface area contributed by atoms with E-state index in [1.807, 2.05) is 13.0 Å². The van der Waals surface area contributed by atoms with Gasteiger partial charge in [0.15, 0.2) is 0 Å². The molecule has 0 aliphatic heterocycles. The summed E-state index contributed by atoms with van der Waals surface area (Å²) in [7, 11) is 0. The van der Waals surface area contributed by atoms with E-state index in [0.717, 1.165) is 18.4 Å². The Hall–Kier alpha value is -2.80. The van der Waals surface area contributed by atoms with Crippen molar-refractivity contribution in [2.75, 3.05) is 0 Å². The third-order valence-electron chi connectivity index (χ3n) is 6.15. The lowest BCUT2D eigenvalue weighted by Crippen LogP contribution is -2.08. The van der Waals surface area contributed by atoms with Gasteiger partial charge in [0.2, 0.25) is 0 Å². The first kappa shape index (κ1) is 23.5. The Kier molecular flexibility index (Phi) is 7.67. The summed E-state index contributed by atoms with van der Waals surface area (Å²) in [5.41, 5.74) is 11.7.